The minimum Gasteiger partial charge on any atom is -0.504 e. The van der Waals surface area contributed by atoms with E-state index in [0.717, 1.165) is 12.0 Å². The lowest BCUT2D eigenvalue weighted by molar-refractivity contribution is 0.373. The van der Waals surface area contributed by atoms with Crippen molar-refractivity contribution in [3.8, 4) is 11.5 Å². The van der Waals surface area contributed by atoms with Gasteiger partial charge in [0, 0.05) is 0 Å². The molecule has 2 rings (SSSR count). The molecule has 0 atom stereocenters. The molecule has 0 radical (unpaired) electrons. The van der Waals surface area contributed by atoms with Crippen LogP contribution in [-0.4, -0.2) is 12.2 Å². The van der Waals surface area contributed by atoms with E-state index in [1.54, 1.807) is 13.2 Å². The Hall–Kier alpha value is -1.96. The van der Waals surface area contributed by atoms with Crippen LogP contribution in [0.1, 0.15) is 11.1 Å². The molecule has 0 saturated heterocycles. The predicted molar refractivity (Wildman–Crippen MR) is 63.9 cm³/mol. The van der Waals surface area contributed by atoms with Crippen LogP contribution in [0.4, 0.5) is 0 Å². The van der Waals surface area contributed by atoms with Crippen molar-refractivity contribution < 1.29 is 9.84 Å². The number of ether oxygens (including phenoxy) is 1. The second-order valence-corrected chi connectivity index (χ2v) is 3.67. The first kappa shape index (κ1) is 10.6. The Labute approximate surface area is 95.1 Å². The topological polar surface area (TPSA) is 29.5 Å². The van der Waals surface area contributed by atoms with Crippen molar-refractivity contribution in [3.05, 3.63) is 59.7 Å². The van der Waals surface area contributed by atoms with E-state index in [9.17, 15) is 5.11 Å². The Kier molecular flexibility index (Phi) is 3.10. The van der Waals surface area contributed by atoms with E-state index in [1.165, 1.54) is 5.56 Å². The fourth-order valence-corrected chi connectivity index (χ4v) is 1.66. The summed E-state index contributed by atoms with van der Waals surface area (Å²) in [6.07, 6.45) is 0.845. The van der Waals surface area contributed by atoms with E-state index in [4.69, 9.17) is 4.74 Å². The van der Waals surface area contributed by atoms with Gasteiger partial charge in [-0.1, -0.05) is 36.4 Å². The maximum atomic E-state index is 9.48. The molecule has 0 aliphatic heterocycles. The quantitative estimate of drug-likeness (QED) is 0.851. The number of rotatable bonds is 3. The summed E-state index contributed by atoms with van der Waals surface area (Å²) in [6, 6.07) is 15.6. The van der Waals surface area contributed by atoms with Crippen LogP contribution in [0.25, 0.3) is 0 Å². The number of benzene rings is 2. The third-order valence-corrected chi connectivity index (χ3v) is 2.50. The van der Waals surface area contributed by atoms with Crippen LogP contribution in [0.5, 0.6) is 11.5 Å². The van der Waals surface area contributed by atoms with E-state index in [1.807, 2.05) is 30.3 Å². The maximum absolute atomic E-state index is 9.48. The van der Waals surface area contributed by atoms with Gasteiger partial charge in [0.05, 0.1) is 7.11 Å². The monoisotopic (exact) mass is 214 g/mol. The molecule has 0 heterocycles. The number of hydrogen-bond acceptors (Lipinski definition) is 2. The zero-order chi connectivity index (χ0) is 11.4. The molecule has 2 aromatic rings. The highest BCUT2D eigenvalue weighted by atomic mass is 16.5. The summed E-state index contributed by atoms with van der Waals surface area (Å²) in [5.41, 5.74) is 2.37. The van der Waals surface area contributed by atoms with Crippen LogP contribution in [0.3, 0.4) is 0 Å². The average molecular weight is 214 g/mol. The molecule has 2 heteroatoms. The SMILES string of the molecule is COc1cc(Cc2ccccc2)ccc1O. The Balaban J connectivity index is 2.22. The van der Waals surface area contributed by atoms with Crippen LogP contribution in [0.15, 0.2) is 48.5 Å². The van der Waals surface area contributed by atoms with Crippen molar-refractivity contribution in [1.29, 1.82) is 0 Å². The average Bonchev–Trinajstić information content (AvgIpc) is 2.33. The fourth-order valence-electron chi connectivity index (χ4n) is 1.66. The summed E-state index contributed by atoms with van der Waals surface area (Å²) in [4.78, 5) is 0. The van der Waals surface area contributed by atoms with Crippen LogP contribution < -0.4 is 4.74 Å². The first-order valence-electron chi connectivity index (χ1n) is 5.19. The van der Waals surface area contributed by atoms with Gasteiger partial charge in [0.15, 0.2) is 11.5 Å². The summed E-state index contributed by atoms with van der Waals surface area (Å²) < 4.78 is 5.07. The molecular weight excluding hydrogens is 200 g/mol. The van der Waals surface area contributed by atoms with Gasteiger partial charge in [-0.2, -0.15) is 0 Å². The number of aromatic hydroxyl groups is 1. The number of phenols is 1. The minimum atomic E-state index is 0.180. The molecule has 0 unspecified atom stereocenters. The highest BCUT2D eigenvalue weighted by Crippen LogP contribution is 2.27. The van der Waals surface area contributed by atoms with E-state index >= 15 is 0 Å². The molecule has 0 fully saturated rings. The highest BCUT2D eigenvalue weighted by Gasteiger charge is 2.03. The molecule has 1 N–H and O–H groups in total. The molecule has 2 aromatic carbocycles. The van der Waals surface area contributed by atoms with E-state index in [2.05, 4.69) is 12.1 Å². The Morgan fingerprint density at radius 2 is 1.75 bits per heavy atom. The largest absolute Gasteiger partial charge is 0.504 e. The van der Waals surface area contributed by atoms with Crippen LogP contribution in [0, 0.1) is 0 Å². The van der Waals surface area contributed by atoms with Gasteiger partial charge in [-0.25, -0.2) is 0 Å². The lowest BCUT2D eigenvalue weighted by Crippen LogP contribution is -1.90. The van der Waals surface area contributed by atoms with Gasteiger partial charge in [0.2, 0.25) is 0 Å². The zero-order valence-corrected chi connectivity index (χ0v) is 9.18. The van der Waals surface area contributed by atoms with Gasteiger partial charge in [-0.05, 0) is 29.7 Å². The molecule has 0 spiro atoms. The number of methoxy groups -OCH3 is 1. The van der Waals surface area contributed by atoms with Gasteiger partial charge in [-0.15, -0.1) is 0 Å². The Bertz CT molecular complexity index is 463. The fraction of sp³-hybridized carbons (Fsp3) is 0.143. The third-order valence-electron chi connectivity index (χ3n) is 2.50. The second-order valence-electron chi connectivity index (χ2n) is 3.67. The molecular formula is C14H14O2. The highest BCUT2D eigenvalue weighted by molar-refractivity contribution is 5.43. The molecule has 0 aliphatic rings. The first-order chi connectivity index (χ1) is 7.79. The molecule has 16 heavy (non-hydrogen) atoms. The molecule has 82 valence electrons. The van der Waals surface area contributed by atoms with Crippen LogP contribution in [0.2, 0.25) is 0 Å². The molecule has 2 nitrogen and oxygen atoms in total. The summed E-state index contributed by atoms with van der Waals surface area (Å²) in [7, 11) is 1.56. The molecule has 0 bridgehead atoms. The summed E-state index contributed by atoms with van der Waals surface area (Å²) in [6.45, 7) is 0. The Morgan fingerprint density at radius 3 is 2.44 bits per heavy atom. The summed E-state index contributed by atoms with van der Waals surface area (Å²) >= 11 is 0. The summed E-state index contributed by atoms with van der Waals surface area (Å²) in [5.74, 6) is 0.702. The van der Waals surface area contributed by atoms with Gasteiger partial charge in [0.25, 0.3) is 0 Å². The minimum absolute atomic E-state index is 0.180. The standard InChI is InChI=1S/C14H14O2/c1-16-14-10-12(7-8-13(14)15)9-11-5-3-2-4-6-11/h2-8,10,15H,9H2,1H3. The zero-order valence-electron chi connectivity index (χ0n) is 9.18. The Morgan fingerprint density at radius 1 is 1.00 bits per heavy atom. The van der Waals surface area contributed by atoms with Gasteiger partial charge in [0.1, 0.15) is 0 Å². The van der Waals surface area contributed by atoms with E-state index < -0.39 is 0 Å². The lowest BCUT2D eigenvalue weighted by atomic mass is 10.0. The molecule has 0 aliphatic carbocycles. The number of hydrogen-bond donors (Lipinski definition) is 1. The summed E-state index contributed by atoms with van der Waals surface area (Å²) in [5, 5.41) is 9.48. The van der Waals surface area contributed by atoms with Crippen LogP contribution in [-0.2, 0) is 6.42 Å². The van der Waals surface area contributed by atoms with Crippen LogP contribution >= 0.6 is 0 Å². The van der Waals surface area contributed by atoms with Crippen molar-refractivity contribution in [2.24, 2.45) is 0 Å². The van der Waals surface area contributed by atoms with Crippen molar-refractivity contribution in [1.82, 2.24) is 0 Å². The van der Waals surface area contributed by atoms with Gasteiger partial charge >= 0.3 is 0 Å². The van der Waals surface area contributed by atoms with Crippen molar-refractivity contribution in [2.45, 2.75) is 6.42 Å². The van der Waals surface area contributed by atoms with Crippen molar-refractivity contribution >= 4 is 0 Å². The molecule has 0 amide bonds. The molecule has 0 aromatic heterocycles. The predicted octanol–water partition coefficient (Wildman–Crippen LogP) is 2.99. The van der Waals surface area contributed by atoms with Crippen molar-refractivity contribution in [2.75, 3.05) is 7.11 Å². The van der Waals surface area contributed by atoms with Gasteiger partial charge in [-0.3, -0.25) is 0 Å². The van der Waals surface area contributed by atoms with Gasteiger partial charge < -0.3 is 9.84 Å². The number of phenolic OH excluding ortho intramolecular Hbond substituents is 1. The first-order valence-corrected chi connectivity index (χ1v) is 5.19. The second kappa shape index (κ2) is 4.71. The maximum Gasteiger partial charge on any atom is 0.160 e. The normalized spacial score (nSPS) is 10.1. The van der Waals surface area contributed by atoms with E-state index in [0.29, 0.717) is 5.75 Å². The third kappa shape index (κ3) is 2.34. The molecule has 0 saturated carbocycles. The lowest BCUT2D eigenvalue weighted by Gasteiger charge is -2.06. The van der Waals surface area contributed by atoms with Crippen molar-refractivity contribution in [3.63, 3.8) is 0 Å². The smallest absolute Gasteiger partial charge is 0.160 e. The van der Waals surface area contributed by atoms with E-state index in [-0.39, 0.29) is 5.75 Å².